The van der Waals surface area contributed by atoms with Crippen molar-refractivity contribution in [2.75, 3.05) is 6.54 Å². The molecule has 5 nitrogen and oxygen atoms in total. The maximum Gasteiger partial charge on any atom is 0.471 e. The number of halogens is 3. The first-order valence-corrected chi connectivity index (χ1v) is 15.2. The number of hydrogen-bond donors (Lipinski definition) is 1. The van der Waals surface area contributed by atoms with E-state index in [-0.39, 0.29) is 63.6 Å². The highest BCUT2D eigenvalue weighted by Crippen LogP contribution is 2.75. The Morgan fingerprint density at radius 2 is 1.61 bits per heavy atom. The number of nitrogens with one attached hydrogen (secondary N) is 1. The number of amides is 1. The maximum absolute atomic E-state index is 14.5. The molecule has 0 aromatic heterocycles. The lowest BCUT2D eigenvalue weighted by molar-refractivity contribution is -0.222. The van der Waals surface area contributed by atoms with Gasteiger partial charge in [-0.2, -0.15) is 18.4 Å². The summed E-state index contributed by atoms with van der Waals surface area (Å²) >= 11 is 0. The van der Waals surface area contributed by atoms with Crippen LogP contribution in [0.2, 0.25) is 0 Å². The molecule has 1 N–H and O–H groups in total. The van der Waals surface area contributed by atoms with Gasteiger partial charge in [0, 0.05) is 24.3 Å². The second-order valence-electron chi connectivity index (χ2n) is 16.2. The van der Waals surface area contributed by atoms with E-state index in [0.717, 1.165) is 25.7 Å². The molecule has 0 aromatic rings. The number of hydrogen-bond acceptors (Lipinski definition) is 4. The van der Waals surface area contributed by atoms with Gasteiger partial charge in [0.05, 0.1) is 5.57 Å². The molecule has 41 heavy (non-hydrogen) atoms. The quantitative estimate of drug-likeness (QED) is 0.386. The predicted molar refractivity (Wildman–Crippen MR) is 148 cm³/mol. The lowest BCUT2D eigenvalue weighted by atomic mass is 9.31. The molecule has 0 aromatic carbocycles. The predicted octanol–water partition coefficient (Wildman–Crippen LogP) is 6.96. The van der Waals surface area contributed by atoms with Gasteiger partial charge in [-0.3, -0.25) is 14.4 Å². The van der Waals surface area contributed by atoms with Gasteiger partial charge in [-0.15, -0.1) is 0 Å². The molecule has 5 aliphatic rings. The molecule has 4 saturated carbocycles. The zero-order valence-electron chi connectivity index (χ0n) is 25.6. The van der Waals surface area contributed by atoms with E-state index in [4.69, 9.17) is 0 Å². The number of nitrogens with zero attached hydrogens (tertiary/aromatic N) is 1. The summed E-state index contributed by atoms with van der Waals surface area (Å²) in [5, 5.41) is 12.1. The highest BCUT2D eigenvalue weighted by atomic mass is 19.4. The normalized spacial score (nSPS) is 44.8. The second kappa shape index (κ2) is 8.92. The highest BCUT2D eigenvalue weighted by molar-refractivity contribution is 6.04. The Bertz CT molecular complexity index is 1260. The highest BCUT2D eigenvalue weighted by Gasteiger charge is 2.72. The first-order valence-electron chi connectivity index (χ1n) is 15.2. The number of carbonyl (C=O) groups is 3. The number of nitriles is 1. The van der Waals surface area contributed by atoms with Gasteiger partial charge < -0.3 is 5.32 Å². The third-order valence-corrected chi connectivity index (χ3v) is 13.5. The Hall–Kier alpha value is -2.17. The third kappa shape index (κ3) is 4.10. The number of fused-ring (bicyclic) bond motifs is 7. The molecule has 4 fully saturated rings. The first-order chi connectivity index (χ1) is 18.7. The summed E-state index contributed by atoms with van der Waals surface area (Å²) in [6, 6.07) is 2.15. The average Bonchev–Trinajstić information content (AvgIpc) is 2.86. The summed E-state index contributed by atoms with van der Waals surface area (Å²) in [6.45, 7) is 14.9. The molecule has 5 rings (SSSR count). The molecule has 0 radical (unpaired) electrons. The largest absolute Gasteiger partial charge is 0.471 e. The molecule has 8 heteroatoms. The van der Waals surface area contributed by atoms with Gasteiger partial charge in [0.1, 0.15) is 11.9 Å². The topological polar surface area (TPSA) is 87.0 Å². The number of allylic oxidation sites excluding steroid dienone is 2. The van der Waals surface area contributed by atoms with Crippen molar-refractivity contribution in [2.24, 2.45) is 56.2 Å². The first kappa shape index (κ1) is 30.3. The number of rotatable bonds is 2. The minimum atomic E-state index is -4.94. The van der Waals surface area contributed by atoms with E-state index in [1.165, 1.54) is 0 Å². The minimum absolute atomic E-state index is 0.0134. The van der Waals surface area contributed by atoms with E-state index in [0.29, 0.717) is 25.7 Å². The van der Waals surface area contributed by atoms with E-state index in [1.807, 2.05) is 19.9 Å². The monoisotopic (exact) mass is 574 g/mol. The molecular weight excluding hydrogens is 529 g/mol. The lowest BCUT2D eigenvalue weighted by Crippen LogP contribution is -2.69. The molecule has 0 saturated heterocycles. The van der Waals surface area contributed by atoms with Crippen LogP contribution < -0.4 is 5.32 Å². The van der Waals surface area contributed by atoms with Crippen LogP contribution in [0.25, 0.3) is 0 Å². The van der Waals surface area contributed by atoms with Crippen molar-refractivity contribution in [3.8, 4) is 6.07 Å². The summed E-state index contributed by atoms with van der Waals surface area (Å²) in [5.41, 5.74) is -2.26. The molecule has 8 atom stereocenters. The Morgan fingerprint density at radius 1 is 0.976 bits per heavy atom. The number of ketones is 2. The Labute approximate surface area is 242 Å². The van der Waals surface area contributed by atoms with Gasteiger partial charge in [0.2, 0.25) is 0 Å². The molecule has 0 aliphatic heterocycles. The Morgan fingerprint density at radius 3 is 2.22 bits per heavy atom. The third-order valence-electron chi connectivity index (χ3n) is 13.5. The number of Topliss-reactive ketones (excluding diaryl/α,β-unsaturated/α-hetero) is 2. The Balaban J connectivity index is 1.57. The van der Waals surface area contributed by atoms with Crippen LogP contribution in [0.4, 0.5) is 13.2 Å². The van der Waals surface area contributed by atoms with Gasteiger partial charge >= 0.3 is 12.1 Å². The van der Waals surface area contributed by atoms with Crippen LogP contribution in [0.1, 0.15) is 99.8 Å². The lowest BCUT2D eigenvalue weighted by Gasteiger charge is -2.72. The van der Waals surface area contributed by atoms with E-state index in [2.05, 4.69) is 46.0 Å². The minimum Gasteiger partial charge on any atom is -0.348 e. The summed E-state index contributed by atoms with van der Waals surface area (Å²) in [4.78, 5) is 39.6. The van der Waals surface area contributed by atoms with Gasteiger partial charge in [0.25, 0.3) is 0 Å². The average molecular weight is 575 g/mol. The van der Waals surface area contributed by atoms with Crippen molar-refractivity contribution >= 4 is 17.5 Å². The zero-order valence-corrected chi connectivity index (χ0v) is 25.6. The van der Waals surface area contributed by atoms with Gasteiger partial charge in [-0.05, 0) is 89.8 Å². The number of carbonyl (C=O) groups excluding carboxylic acids is 3. The molecule has 1 amide bonds. The summed E-state index contributed by atoms with van der Waals surface area (Å²) in [7, 11) is 0. The maximum atomic E-state index is 14.5. The molecular formula is C33H45F3N2O3. The second-order valence-corrected chi connectivity index (χ2v) is 16.2. The van der Waals surface area contributed by atoms with E-state index in [9.17, 15) is 32.8 Å². The fraction of sp³-hybridized carbons (Fsp3) is 0.818. The van der Waals surface area contributed by atoms with Gasteiger partial charge in [-0.1, -0.05) is 54.5 Å². The van der Waals surface area contributed by atoms with E-state index >= 15 is 0 Å². The van der Waals surface area contributed by atoms with Crippen molar-refractivity contribution in [1.82, 2.24) is 5.32 Å². The van der Waals surface area contributed by atoms with Crippen molar-refractivity contribution in [3.05, 3.63) is 11.6 Å². The van der Waals surface area contributed by atoms with Crippen molar-refractivity contribution < 1.29 is 27.6 Å². The fourth-order valence-electron chi connectivity index (χ4n) is 11.1. The molecule has 5 aliphatic carbocycles. The van der Waals surface area contributed by atoms with Crippen molar-refractivity contribution in [1.29, 1.82) is 5.26 Å². The van der Waals surface area contributed by atoms with Crippen LogP contribution in [-0.2, 0) is 14.4 Å². The van der Waals surface area contributed by atoms with Crippen LogP contribution in [-0.4, -0.2) is 30.2 Å². The van der Waals surface area contributed by atoms with Gasteiger partial charge in [0.15, 0.2) is 5.78 Å². The van der Waals surface area contributed by atoms with Crippen molar-refractivity contribution in [2.45, 2.75) is 106 Å². The molecule has 0 spiro atoms. The van der Waals surface area contributed by atoms with Gasteiger partial charge in [-0.25, -0.2) is 0 Å². The number of alkyl halides is 3. The molecule has 226 valence electrons. The fourth-order valence-corrected chi connectivity index (χ4v) is 11.1. The van der Waals surface area contributed by atoms with E-state index < -0.39 is 28.3 Å². The molecule has 0 heterocycles. The van der Waals surface area contributed by atoms with Crippen LogP contribution in [0, 0.1) is 67.5 Å². The van der Waals surface area contributed by atoms with Crippen LogP contribution in [0.15, 0.2) is 11.6 Å². The zero-order chi connectivity index (χ0) is 30.6. The molecule has 0 bridgehead atoms. The van der Waals surface area contributed by atoms with E-state index in [1.54, 1.807) is 0 Å². The van der Waals surface area contributed by atoms with Crippen molar-refractivity contribution in [3.63, 3.8) is 0 Å². The van der Waals surface area contributed by atoms with Crippen LogP contribution >= 0.6 is 0 Å². The summed E-state index contributed by atoms with van der Waals surface area (Å²) < 4.78 is 39.5. The molecule has 2 unspecified atom stereocenters. The SMILES string of the molecule is CC1(C)CC[C@]2(CNC(=O)C(F)(F)F)CC[C@]3(C)C(C(=O)C[C@@H]4[C@@]5(C)C=C(C#N)C(=O)C(C)(C)C5CC[C@]43C)[C@H]2C1. The van der Waals surface area contributed by atoms with Crippen LogP contribution in [0.3, 0.4) is 0 Å². The smallest absolute Gasteiger partial charge is 0.348 e. The summed E-state index contributed by atoms with van der Waals surface area (Å²) in [5.74, 6) is -2.34. The van der Waals surface area contributed by atoms with Crippen LogP contribution in [0.5, 0.6) is 0 Å². The Kier molecular flexibility index (Phi) is 6.59. The standard InChI is InChI=1S/C33H45F3N2O3/c1-27(2)10-12-32(18-38-26(41)33(34,35)36)13-11-31(7)24(20(32)16-27)21(39)14-23-29(5)15-19(17-37)25(40)28(3,4)22(29)8-9-30(23,31)6/h15,20,22-24H,8-14,16,18H2,1-7H3,(H,38,41)/t20-,22?,23-,24?,29+,30-,31-,32-/m1/s1. The summed E-state index contributed by atoms with van der Waals surface area (Å²) in [6.07, 6.45) is 2.59.